The van der Waals surface area contributed by atoms with Crippen molar-refractivity contribution in [3.63, 3.8) is 0 Å². The third-order valence-corrected chi connectivity index (χ3v) is 4.72. The van der Waals surface area contributed by atoms with Gasteiger partial charge in [-0.15, -0.1) is 0 Å². The van der Waals surface area contributed by atoms with E-state index in [1.165, 1.54) is 0 Å². The number of hydrogen-bond donors (Lipinski definition) is 2. The third-order valence-electron chi connectivity index (χ3n) is 4.72. The lowest BCUT2D eigenvalue weighted by molar-refractivity contribution is -0.171. The minimum absolute atomic E-state index is 0.0251. The molecule has 1 aliphatic rings. The topological polar surface area (TPSA) is 59.6 Å². The van der Waals surface area contributed by atoms with Gasteiger partial charge in [-0.25, -0.2) is 13.8 Å². The first kappa shape index (κ1) is 15.7. The number of benzene rings is 1. The van der Waals surface area contributed by atoms with Crippen LogP contribution >= 0.6 is 0 Å². The molecule has 116 valence electrons. The van der Waals surface area contributed by atoms with E-state index in [-0.39, 0.29) is 28.7 Å². The van der Waals surface area contributed by atoms with E-state index in [0.29, 0.717) is 0 Å². The number of anilines is 1. The number of nitrogens with two attached hydrogens (primary N) is 1. The predicted octanol–water partition coefficient (Wildman–Crippen LogP) is 2.90. The molecule has 0 saturated heterocycles. The minimum Gasteiger partial charge on any atom is -0.378 e. The molecular formula is C15H21F2N3O. The summed E-state index contributed by atoms with van der Waals surface area (Å²) in [6, 6.07) is 3.10. The van der Waals surface area contributed by atoms with Crippen LogP contribution in [0.5, 0.6) is 0 Å². The van der Waals surface area contributed by atoms with Gasteiger partial charge in [-0.05, 0) is 25.5 Å². The van der Waals surface area contributed by atoms with E-state index >= 15 is 0 Å². The molecule has 0 heterocycles. The molecule has 0 bridgehead atoms. The van der Waals surface area contributed by atoms with Crippen molar-refractivity contribution in [2.24, 2.45) is 16.1 Å². The average Bonchev–Trinajstić information content (AvgIpc) is 2.42. The van der Waals surface area contributed by atoms with Gasteiger partial charge in [0.1, 0.15) is 11.6 Å². The number of nitrogens with zero attached hydrogens (tertiary/aromatic N) is 1. The summed E-state index contributed by atoms with van der Waals surface area (Å²) in [6.45, 7) is 6.11. The van der Waals surface area contributed by atoms with E-state index in [9.17, 15) is 8.78 Å². The summed E-state index contributed by atoms with van der Waals surface area (Å²) in [4.78, 5) is 4.36. The summed E-state index contributed by atoms with van der Waals surface area (Å²) in [5.41, 5.74) is 5.33. The van der Waals surface area contributed by atoms with Gasteiger partial charge in [0.2, 0.25) is 0 Å². The minimum atomic E-state index is -0.579. The van der Waals surface area contributed by atoms with E-state index < -0.39 is 11.6 Å². The van der Waals surface area contributed by atoms with Crippen LogP contribution in [0.4, 0.5) is 14.5 Å². The van der Waals surface area contributed by atoms with Gasteiger partial charge in [-0.3, -0.25) is 0 Å². The van der Waals surface area contributed by atoms with Crippen molar-refractivity contribution >= 4 is 11.6 Å². The Balaban J connectivity index is 2.11. The maximum atomic E-state index is 13.5. The lowest BCUT2D eigenvalue weighted by Gasteiger charge is -2.57. The molecule has 0 spiro atoms. The van der Waals surface area contributed by atoms with Crippen molar-refractivity contribution in [3.05, 3.63) is 29.8 Å². The first-order chi connectivity index (χ1) is 9.69. The Morgan fingerprint density at radius 1 is 1.38 bits per heavy atom. The molecule has 6 heteroatoms. The number of guanidine groups is 1. The van der Waals surface area contributed by atoms with Crippen LogP contribution in [0.2, 0.25) is 0 Å². The Kier molecular flexibility index (Phi) is 3.93. The fraction of sp³-hybridized carbons (Fsp3) is 0.533. The SMILES string of the molecule is COC1(C)CC(N=C(N)Nc2cc(F)ccc2F)C1(C)C. The normalized spacial score (nSPS) is 28.1. The molecule has 1 fully saturated rings. The van der Waals surface area contributed by atoms with Crippen molar-refractivity contribution in [1.29, 1.82) is 0 Å². The Hall–Kier alpha value is -1.69. The number of methoxy groups -OCH3 is 1. The van der Waals surface area contributed by atoms with Gasteiger partial charge < -0.3 is 15.8 Å². The zero-order valence-electron chi connectivity index (χ0n) is 12.7. The number of halogens is 2. The van der Waals surface area contributed by atoms with E-state index in [1.807, 2.05) is 20.8 Å². The Bertz CT molecular complexity index is 574. The molecule has 2 atom stereocenters. The number of rotatable bonds is 3. The zero-order valence-corrected chi connectivity index (χ0v) is 12.7. The highest BCUT2D eigenvalue weighted by molar-refractivity contribution is 5.92. The first-order valence-corrected chi connectivity index (χ1v) is 6.80. The summed E-state index contributed by atoms with van der Waals surface area (Å²) in [5.74, 6) is -1.05. The standard InChI is InChI=1S/C15H21F2N3O/c1-14(2)12(8-15(14,3)21-4)20-13(18)19-11-7-9(16)5-6-10(11)17/h5-7,12H,8H2,1-4H3,(H3,18,19,20). The summed E-state index contributed by atoms with van der Waals surface area (Å²) in [5, 5.41) is 2.61. The van der Waals surface area contributed by atoms with Gasteiger partial charge in [-0.2, -0.15) is 0 Å². The van der Waals surface area contributed by atoms with Gasteiger partial charge >= 0.3 is 0 Å². The molecule has 1 aromatic carbocycles. The third kappa shape index (κ3) is 2.72. The Labute approximate surface area is 123 Å². The molecule has 1 aromatic rings. The lowest BCUT2D eigenvalue weighted by Crippen LogP contribution is -2.62. The second kappa shape index (κ2) is 5.26. The Morgan fingerprint density at radius 2 is 2.05 bits per heavy atom. The molecule has 1 saturated carbocycles. The van der Waals surface area contributed by atoms with Gasteiger partial charge in [0.05, 0.1) is 17.3 Å². The maximum absolute atomic E-state index is 13.5. The molecular weight excluding hydrogens is 276 g/mol. The highest BCUT2D eigenvalue weighted by Gasteiger charge is 2.58. The molecule has 3 N–H and O–H groups in total. The average molecular weight is 297 g/mol. The van der Waals surface area contributed by atoms with Gasteiger partial charge in [-0.1, -0.05) is 13.8 Å². The van der Waals surface area contributed by atoms with Crippen molar-refractivity contribution in [2.75, 3.05) is 12.4 Å². The quantitative estimate of drug-likeness (QED) is 0.666. The van der Waals surface area contributed by atoms with E-state index in [2.05, 4.69) is 10.3 Å². The zero-order chi connectivity index (χ0) is 15.8. The smallest absolute Gasteiger partial charge is 0.193 e. The second-order valence-electron chi connectivity index (χ2n) is 6.14. The largest absolute Gasteiger partial charge is 0.378 e. The van der Waals surface area contributed by atoms with Crippen molar-refractivity contribution in [1.82, 2.24) is 0 Å². The number of ether oxygens (including phenoxy) is 1. The molecule has 0 radical (unpaired) electrons. The van der Waals surface area contributed by atoms with Crippen molar-refractivity contribution < 1.29 is 13.5 Å². The number of aliphatic imine (C=N–C) groups is 1. The molecule has 2 unspecified atom stereocenters. The summed E-state index contributed by atoms with van der Waals surface area (Å²) in [6.07, 6.45) is 0.727. The van der Waals surface area contributed by atoms with E-state index in [1.54, 1.807) is 7.11 Å². The van der Waals surface area contributed by atoms with Crippen LogP contribution in [0.3, 0.4) is 0 Å². The van der Waals surface area contributed by atoms with Crippen LogP contribution < -0.4 is 11.1 Å². The monoisotopic (exact) mass is 297 g/mol. The maximum Gasteiger partial charge on any atom is 0.193 e. The summed E-state index contributed by atoms with van der Waals surface area (Å²) < 4.78 is 32.2. The van der Waals surface area contributed by atoms with Gasteiger partial charge in [0, 0.05) is 18.6 Å². The number of hydrogen-bond acceptors (Lipinski definition) is 2. The molecule has 0 aliphatic heterocycles. The second-order valence-corrected chi connectivity index (χ2v) is 6.14. The fourth-order valence-electron chi connectivity index (χ4n) is 2.59. The molecule has 21 heavy (non-hydrogen) atoms. The molecule has 0 amide bonds. The van der Waals surface area contributed by atoms with Crippen LogP contribution in [0.1, 0.15) is 27.2 Å². The van der Waals surface area contributed by atoms with Crippen LogP contribution in [0.25, 0.3) is 0 Å². The van der Waals surface area contributed by atoms with Gasteiger partial charge in [0.15, 0.2) is 5.96 Å². The molecule has 0 aromatic heterocycles. The first-order valence-electron chi connectivity index (χ1n) is 6.80. The molecule has 2 rings (SSSR count). The summed E-state index contributed by atoms with van der Waals surface area (Å²) >= 11 is 0. The van der Waals surface area contributed by atoms with Gasteiger partial charge in [0.25, 0.3) is 0 Å². The van der Waals surface area contributed by atoms with Crippen molar-refractivity contribution in [3.8, 4) is 0 Å². The fourth-order valence-corrected chi connectivity index (χ4v) is 2.59. The van der Waals surface area contributed by atoms with Crippen LogP contribution in [0, 0.1) is 17.0 Å². The van der Waals surface area contributed by atoms with E-state index in [0.717, 1.165) is 24.6 Å². The highest BCUT2D eigenvalue weighted by atomic mass is 19.1. The molecule has 1 aliphatic carbocycles. The highest BCUT2D eigenvalue weighted by Crippen LogP contribution is 2.53. The predicted molar refractivity (Wildman–Crippen MR) is 79.2 cm³/mol. The number of nitrogens with one attached hydrogen (secondary N) is 1. The molecule has 4 nitrogen and oxygen atoms in total. The van der Waals surface area contributed by atoms with Crippen LogP contribution in [0.15, 0.2) is 23.2 Å². The van der Waals surface area contributed by atoms with Crippen LogP contribution in [-0.4, -0.2) is 24.7 Å². The lowest BCUT2D eigenvalue weighted by atomic mass is 9.56. The van der Waals surface area contributed by atoms with Crippen molar-refractivity contribution in [2.45, 2.75) is 38.8 Å². The Morgan fingerprint density at radius 3 is 2.62 bits per heavy atom. The summed E-state index contributed by atoms with van der Waals surface area (Å²) in [7, 11) is 1.67. The van der Waals surface area contributed by atoms with Crippen LogP contribution in [-0.2, 0) is 4.74 Å². The van der Waals surface area contributed by atoms with E-state index in [4.69, 9.17) is 10.5 Å².